The molecule has 3 rings (SSSR count). The van der Waals surface area contributed by atoms with Crippen LogP contribution in [-0.2, 0) is 7.05 Å². The Hall–Kier alpha value is -2.54. The number of hydrogen-bond donors (Lipinski definition) is 2. The van der Waals surface area contributed by atoms with Gasteiger partial charge < -0.3 is 19.9 Å². The lowest BCUT2D eigenvalue weighted by Gasteiger charge is -2.25. The van der Waals surface area contributed by atoms with Gasteiger partial charge in [0, 0.05) is 19.2 Å². The van der Waals surface area contributed by atoms with E-state index in [9.17, 15) is 4.79 Å². The van der Waals surface area contributed by atoms with E-state index >= 15 is 0 Å². The minimum Gasteiger partial charge on any atom is -0.493 e. The number of rotatable bonds is 5. The number of carbonyl (C=O) groups is 1. The zero-order valence-electron chi connectivity index (χ0n) is 13.8. The lowest BCUT2D eigenvalue weighted by Crippen LogP contribution is -2.37. The molecule has 0 radical (unpaired) electrons. The van der Waals surface area contributed by atoms with Gasteiger partial charge in [-0.15, -0.1) is 0 Å². The zero-order chi connectivity index (χ0) is 17.1. The molecule has 1 saturated heterocycles. The number of aromatic nitrogens is 2. The highest BCUT2D eigenvalue weighted by atomic mass is 16.5. The highest BCUT2D eigenvalue weighted by Crippen LogP contribution is 2.34. The van der Waals surface area contributed by atoms with Gasteiger partial charge in [-0.3, -0.25) is 4.68 Å². The topological polar surface area (TPSA) is 85.6 Å². The van der Waals surface area contributed by atoms with Crippen molar-refractivity contribution in [1.82, 2.24) is 15.1 Å². The Bertz CT molecular complexity index is 735. The molecule has 128 valence electrons. The molecule has 1 atom stereocenters. The second-order valence-electron chi connectivity index (χ2n) is 5.80. The van der Waals surface area contributed by atoms with E-state index < -0.39 is 5.97 Å². The van der Waals surface area contributed by atoms with Crippen molar-refractivity contribution in [2.24, 2.45) is 7.05 Å². The summed E-state index contributed by atoms with van der Waals surface area (Å²) in [5, 5.41) is 16.4. The van der Waals surface area contributed by atoms with Crippen LogP contribution < -0.4 is 14.8 Å². The van der Waals surface area contributed by atoms with E-state index in [1.807, 2.05) is 18.2 Å². The number of ether oxygens (including phenoxy) is 2. The van der Waals surface area contributed by atoms with Crippen LogP contribution in [0.4, 0.5) is 0 Å². The van der Waals surface area contributed by atoms with Crippen molar-refractivity contribution < 1.29 is 19.4 Å². The maximum atomic E-state index is 11.1. The normalized spacial score (nSPS) is 17.5. The van der Waals surface area contributed by atoms with Gasteiger partial charge in [-0.25, -0.2) is 4.79 Å². The largest absolute Gasteiger partial charge is 0.493 e. The van der Waals surface area contributed by atoms with Crippen LogP contribution in [0, 0.1) is 0 Å². The van der Waals surface area contributed by atoms with Crippen LogP contribution in [0.2, 0.25) is 0 Å². The van der Waals surface area contributed by atoms with Crippen LogP contribution in [0.25, 0.3) is 11.3 Å². The van der Waals surface area contributed by atoms with Gasteiger partial charge in [0.05, 0.1) is 12.8 Å². The van der Waals surface area contributed by atoms with Crippen molar-refractivity contribution in [1.29, 1.82) is 0 Å². The summed E-state index contributed by atoms with van der Waals surface area (Å²) < 4.78 is 13.0. The maximum absolute atomic E-state index is 11.1. The van der Waals surface area contributed by atoms with Crippen LogP contribution in [0.1, 0.15) is 23.3 Å². The predicted octanol–water partition coefficient (Wildman–Crippen LogP) is 1.92. The van der Waals surface area contributed by atoms with Gasteiger partial charge in [0.2, 0.25) is 0 Å². The molecule has 1 aliphatic heterocycles. The fourth-order valence-electron chi connectivity index (χ4n) is 2.87. The first-order valence-corrected chi connectivity index (χ1v) is 7.91. The molecule has 2 heterocycles. The number of aryl methyl sites for hydroxylation is 1. The Balaban J connectivity index is 1.92. The summed E-state index contributed by atoms with van der Waals surface area (Å²) >= 11 is 0. The molecule has 0 saturated carbocycles. The molecular weight excluding hydrogens is 310 g/mol. The summed E-state index contributed by atoms with van der Waals surface area (Å²) in [5.74, 6) is 0.266. The van der Waals surface area contributed by atoms with Crippen LogP contribution in [0.5, 0.6) is 11.5 Å². The van der Waals surface area contributed by atoms with Gasteiger partial charge in [-0.05, 0) is 43.7 Å². The zero-order valence-corrected chi connectivity index (χ0v) is 13.8. The van der Waals surface area contributed by atoms with E-state index in [1.165, 1.54) is 0 Å². The number of benzene rings is 1. The molecule has 1 unspecified atom stereocenters. The monoisotopic (exact) mass is 331 g/mol. The van der Waals surface area contributed by atoms with Crippen molar-refractivity contribution in [2.75, 3.05) is 20.2 Å². The summed E-state index contributed by atoms with van der Waals surface area (Å²) in [7, 11) is 3.32. The Morgan fingerprint density at radius 2 is 2.21 bits per heavy atom. The summed E-state index contributed by atoms with van der Waals surface area (Å²) in [6.45, 7) is 1.83. The van der Waals surface area contributed by atoms with Gasteiger partial charge >= 0.3 is 5.97 Å². The number of carboxylic acid groups (broad SMARTS) is 1. The minimum atomic E-state index is -1.05. The molecule has 1 aromatic heterocycles. The van der Waals surface area contributed by atoms with E-state index in [1.54, 1.807) is 24.9 Å². The van der Waals surface area contributed by atoms with Gasteiger partial charge in [0.1, 0.15) is 6.10 Å². The van der Waals surface area contributed by atoms with Crippen molar-refractivity contribution in [2.45, 2.75) is 18.9 Å². The summed E-state index contributed by atoms with van der Waals surface area (Å²) in [6, 6.07) is 7.12. The van der Waals surface area contributed by atoms with Gasteiger partial charge in [0.25, 0.3) is 0 Å². The van der Waals surface area contributed by atoms with E-state index in [0.717, 1.165) is 31.5 Å². The number of nitrogens with one attached hydrogen (secondary N) is 1. The molecule has 7 heteroatoms. The lowest BCUT2D eigenvalue weighted by atomic mass is 10.1. The first kappa shape index (κ1) is 16.3. The summed E-state index contributed by atoms with van der Waals surface area (Å²) in [4.78, 5) is 11.1. The standard InChI is InChI=1S/C17H21N3O4/c1-20-14(9-13(19-20)17(21)22)11-5-6-15(23-2)16(8-11)24-12-4-3-7-18-10-12/h5-6,8-9,12,18H,3-4,7,10H2,1-2H3,(H,21,22). The molecule has 1 fully saturated rings. The molecule has 24 heavy (non-hydrogen) atoms. The molecule has 1 aromatic carbocycles. The van der Waals surface area contributed by atoms with Gasteiger partial charge in [-0.2, -0.15) is 5.10 Å². The second-order valence-corrected chi connectivity index (χ2v) is 5.80. The summed E-state index contributed by atoms with van der Waals surface area (Å²) in [5.41, 5.74) is 1.56. The van der Waals surface area contributed by atoms with Crippen LogP contribution in [0.15, 0.2) is 24.3 Å². The third kappa shape index (κ3) is 3.35. The smallest absolute Gasteiger partial charge is 0.356 e. The highest BCUT2D eigenvalue weighted by Gasteiger charge is 2.19. The number of piperidine rings is 1. The van der Waals surface area contributed by atoms with Crippen molar-refractivity contribution in [3.63, 3.8) is 0 Å². The fraction of sp³-hybridized carbons (Fsp3) is 0.412. The van der Waals surface area contributed by atoms with Crippen LogP contribution in [-0.4, -0.2) is 47.2 Å². The molecule has 1 aliphatic rings. The fourth-order valence-corrected chi connectivity index (χ4v) is 2.87. The van der Waals surface area contributed by atoms with Crippen molar-refractivity contribution in [3.05, 3.63) is 30.0 Å². The Morgan fingerprint density at radius 1 is 1.38 bits per heavy atom. The van der Waals surface area contributed by atoms with E-state index in [4.69, 9.17) is 14.6 Å². The molecule has 0 spiro atoms. The molecule has 2 aromatic rings. The number of aromatic carboxylic acids is 1. The third-order valence-corrected chi connectivity index (χ3v) is 4.10. The van der Waals surface area contributed by atoms with Crippen LogP contribution >= 0.6 is 0 Å². The predicted molar refractivity (Wildman–Crippen MR) is 88.7 cm³/mol. The maximum Gasteiger partial charge on any atom is 0.356 e. The second kappa shape index (κ2) is 6.92. The van der Waals surface area contributed by atoms with Crippen molar-refractivity contribution in [3.8, 4) is 22.8 Å². The third-order valence-electron chi connectivity index (χ3n) is 4.10. The number of carboxylic acids is 1. The molecule has 7 nitrogen and oxygen atoms in total. The van der Waals surface area contributed by atoms with Crippen molar-refractivity contribution >= 4 is 5.97 Å². The minimum absolute atomic E-state index is 0.0160. The highest BCUT2D eigenvalue weighted by molar-refractivity contribution is 5.87. The Labute approximate surface area is 140 Å². The van der Waals surface area contributed by atoms with Crippen LogP contribution in [0.3, 0.4) is 0 Å². The average molecular weight is 331 g/mol. The molecular formula is C17H21N3O4. The van der Waals surface area contributed by atoms with Gasteiger partial charge in [0.15, 0.2) is 17.2 Å². The quantitative estimate of drug-likeness (QED) is 0.871. The van der Waals surface area contributed by atoms with E-state index in [2.05, 4.69) is 10.4 Å². The SMILES string of the molecule is COc1ccc(-c2cc(C(=O)O)nn2C)cc1OC1CCCNC1. The molecule has 0 bridgehead atoms. The summed E-state index contributed by atoms with van der Waals surface area (Å²) in [6.07, 6.45) is 2.18. The molecule has 0 aliphatic carbocycles. The number of methoxy groups -OCH3 is 1. The molecule has 2 N–H and O–H groups in total. The average Bonchev–Trinajstić information content (AvgIpc) is 2.98. The Morgan fingerprint density at radius 3 is 2.83 bits per heavy atom. The first-order valence-electron chi connectivity index (χ1n) is 7.91. The van der Waals surface area contributed by atoms with E-state index in [0.29, 0.717) is 17.2 Å². The molecule has 0 amide bonds. The lowest BCUT2D eigenvalue weighted by molar-refractivity contribution is 0.0689. The van der Waals surface area contributed by atoms with Gasteiger partial charge in [-0.1, -0.05) is 0 Å². The van der Waals surface area contributed by atoms with E-state index in [-0.39, 0.29) is 11.8 Å². The Kier molecular flexibility index (Phi) is 4.71. The number of nitrogens with zero attached hydrogens (tertiary/aromatic N) is 2. The number of hydrogen-bond acceptors (Lipinski definition) is 5. The first-order chi connectivity index (χ1) is 11.6.